The molecule has 0 N–H and O–H groups in total. The lowest BCUT2D eigenvalue weighted by molar-refractivity contribution is 0.792. The van der Waals surface area contributed by atoms with Crippen molar-refractivity contribution in [3.05, 3.63) is 33.4 Å². The number of hydrogen-bond acceptors (Lipinski definition) is 4. The third-order valence-corrected chi connectivity index (χ3v) is 3.69. The van der Waals surface area contributed by atoms with Crippen LogP contribution in [0.1, 0.15) is 30.7 Å². The Labute approximate surface area is 112 Å². The van der Waals surface area contributed by atoms with E-state index in [0.29, 0.717) is 11.6 Å². The van der Waals surface area contributed by atoms with Gasteiger partial charge in [-0.25, -0.2) is 9.20 Å². The molecule has 19 heavy (non-hydrogen) atoms. The highest BCUT2D eigenvalue weighted by molar-refractivity contribution is 5.49. The summed E-state index contributed by atoms with van der Waals surface area (Å²) in [6.07, 6.45) is 0. The molecule has 2 aromatic heterocycles. The van der Waals surface area contributed by atoms with E-state index in [1.807, 2.05) is 45.6 Å². The van der Waals surface area contributed by atoms with Crippen LogP contribution in [0, 0.1) is 20.8 Å². The number of pyridine rings is 1. The second kappa shape index (κ2) is 4.99. The fourth-order valence-electron chi connectivity index (χ4n) is 2.23. The zero-order valence-electron chi connectivity index (χ0n) is 12.2. The molecule has 5 heteroatoms. The van der Waals surface area contributed by atoms with Crippen LogP contribution in [-0.2, 0) is 0 Å². The van der Waals surface area contributed by atoms with Crippen molar-refractivity contribution in [2.45, 2.75) is 34.6 Å². The van der Waals surface area contributed by atoms with Gasteiger partial charge in [-0.1, -0.05) is 0 Å². The second-order valence-corrected chi connectivity index (χ2v) is 4.71. The van der Waals surface area contributed by atoms with Crippen LogP contribution in [0.15, 0.2) is 10.9 Å². The highest BCUT2D eigenvalue weighted by Crippen LogP contribution is 2.15. The van der Waals surface area contributed by atoms with Gasteiger partial charge in [0.1, 0.15) is 5.65 Å². The van der Waals surface area contributed by atoms with Crippen LogP contribution < -0.4 is 10.6 Å². The standard InChI is InChI=1S/C14H20N4O/c1-6-17(7-2)13-15-12-8-9(3)10(4)11(5)18(12)14(19)16-13/h8H,6-7H2,1-5H3. The van der Waals surface area contributed by atoms with Gasteiger partial charge in [0.25, 0.3) is 0 Å². The number of fused-ring (bicyclic) bond motifs is 1. The predicted molar refractivity (Wildman–Crippen MR) is 77.0 cm³/mol. The van der Waals surface area contributed by atoms with Crippen LogP contribution in [0.25, 0.3) is 5.65 Å². The van der Waals surface area contributed by atoms with Crippen molar-refractivity contribution >= 4 is 11.6 Å². The van der Waals surface area contributed by atoms with E-state index in [1.54, 1.807) is 4.40 Å². The summed E-state index contributed by atoms with van der Waals surface area (Å²) in [7, 11) is 0. The maximum Gasteiger partial charge on any atom is 0.356 e. The average Bonchev–Trinajstić information content (AvgIpc) is 2.37. The van der Waals surface area contributed by atoms with E-state index in [-0.39, 0.29) is 5.69 Å². The lowest BCUT2D eigenvalue weighted by atomic mass is 10.1. The Morgan fingerprint density at radius 1 is 1.16 bits per heavy atom. The van der Waals surface area contributed by atoms with Gasteiger partial charge in [-0.15, -0.1) is 0 Å². The van der Waals surface area contributed by atoms with Crippen LogP contribution >= 0.6 is 0 Å². The van der Waals surface area contributed by atoms with Crippen LogP contribution in [-0.4, -0.2) is 27.5 Å². The van der Waals surface area contributed by atoms with Gasteiger partial charge in [-0.05, 0) is 51.8 Å². The molecule has 102 valence electrons. The molecular formula is C14H20N4O. The molecule has 0 saturated carbocycles. The van der Waals surface area contributed by atoms with Crippen molar-refractivity contribution in [1.82, 2.24) is 14.4 Å². The Balaban J connectivity index is 2.78. The third kappa shape index (κ3) is 2.20. The summed E-state index contributed by atoms with van der Waals surface area (Å²) < 4.78 is 1.58. The summed E-state index contributed by atoms with van der Waals surface area (Å²) in [5.74, 6) is 0.512. The van der Waals surface area contributed by atoms with Crippen molar-refractivity contribution in [1.29, 1.82) is 0 Å². The Kier molecular flexibility index (Phi) is 3.55. The summed E-state index contributed by atoms with van der Waals surface area (Å²) in [5, 5.41) is 0. The number of rotatable bonds is 3. The molecular weight excluding hydrogens is 240 g/mol. The third-order valence-electron chi connectivity index (χ3n) is 3.69. The largest absolute Gasteiger partial charge is 0.356 e. The predicted octanol–water partition coefficient (Wildman–Crippen LogP) is 1.86. The number of anilines is 1. The van der Waals surface area contributed by atoms with Gasteiger partial charge >= 0.3 is 5.69 Å². The summed E-state index contributed by atoms with van der Waals surface area (Å²) in [5.41, 5.74) is 3.57. The molecule has 0 atom stereocenters. The molecule has 5 nitrogen and oxygen atoms in total. The number of hydrogen-bond donors (Lipinski definition) is 0. The maximum absolute atomic E-state index is 12.2. The van der Waals surface area contributed by atoms with E-state index in [0.717, 1.165) is 29.9 Å². The highest BCUT2D eigenvalue weighted by Gasteiger charge is 2.12. The minimum Gasteiger partial charge on any atom is -0.341 e. The SMILES string of the molecule is CCN(CC)c1nc(=O)n2c(C)c(C)c(C)cc2n1. The van der Waals surface area contributed by atoms with Gasteiger partial charge in [0.05, 0.1) is 0 Å². The first-order chi connectivity index (χ1) is 8.99. The number of nitrogens with zero attached hydrogens (tertiary/aromatic N) is 4. The number of aryl methyl sites for hydroxylation is 2. The van der Waals surface area contributed by atoms with E-state index in [9.17, 15) is 4.79 Å². The van der Waals surface area contributed by atoms with Crippen molar-refractivity contribution in [3.63, 3.8) is 0 Å². The van der Waals surface area contributed by atoms with E-state index in [4.69, 9.17) is 0 Å². The minimum absolute atomic E-state index is 0.257. The van der Waals surface area contributed by atoms with E-state index in [2.05, 4.69) is 9.97 Å². The minimum atomic E-state index is -0.257. The molecule has 0 fully saturated rings. The van der Waals surface area contributed by atoms with Crippen molar-refractivity contribution in [2.24, 2.45) is 0 Å². The van der Waals surface area contributed by atoms with Crippen molar-refractivity contribution < 1.29 is 0 Å². The van der Waals surface area contributed by atoms with Gasteiger partial charge < -0.3 is 4.90 Å². The molecule has 0 aliphatic heterocycles. The van der Waals surface area contributed by atoms with Crippen molar-refractivity contribution in [2.75, 3.05) is 18.0 Å². The Hall–Kier alpha value is -1.91. The van der Waals surface area contributed by atoms with Crippen molar-refractivity contribution in [3.8, 4) is 0 Å². The normalized spacial score (nSPS) is 11.0. The smallest absolute Gasteiger partial charge is 0.341 e. The fraction of sp³-hybridized carbons (Fsp3) is 0.500. The molecule has 0 spiro atoms. The first kappa shape index (κ1) is 13.5. The molecule has 0 aliphatic rings. The molecule has 0 amide bonds. The van der Waals surface area contributed by atoms with Crippen LogP contribution in [0.2, 0.25) is 0 Å². The Morgan fingerprint density at radius 3 is 2.37 bits per heavy atom. The molecule has 0 saturated heterocycles. The first-order valence-corrected chi connectivity index (χ1v) is 6.62. The summed E-state index contributed by atoms with van der Waals surface area (Å²) in [6, 6.07) is 1.94. The summed E-state index contributed by atoms with van der Waals surface area (Å²) in [6.45, 7) is 11.6. The topological polar surface area (TPSA) is 50.5 Å². The molecule has 0 radical (unpaired) electrons. The Bertz CT molecular complexity index is 671. The first-order valence-electron chi connectivity index (χ1n) is 6.62. The molecule has 2 heterocycles. The lowest BCUT2D eigenvalue weighted by Crippen LogP contribution is -2.30. The molecule has 2 aromatic rings. The fourth-order valence-corrected chi connectivity index (χ4v) is 2.23. The molecule has 2 rings (SSSR count). The highest BCUT2D eigenvalue weighted by atomic mass is 16.1. The lowest BCUT2D eigenvalue weighted by Gasteiger charge is -2.19. The van der Waals surface area contributed by atoms with Crippen LogP contribution in [0.4, 0.5) is 5.95 Å². The van der Waals surface area contributed by atoms with Gasteiger partial charge in [0.15, 0.2) is 0 Å². The average molecular weight is 260 g/mol. The van der Waals surface area contributed by atoms with Crippen LogP contribution in [0.5, 0.6) is 0 Å². The second-order valence-electron chi connectivity index (χ2n) is 4.71. The summed E-state index contributed by atoms with van der Waals surface area (Å²) in [4.78, 5) is 22.8. The molecule has 0 unspecified atom stereocenters. The molecule has 0 aromatic carbocycles. The van der Waals surface area contributed by atoms with E-state index < -0.39 is 0 Å². The molecule has 0 bridgehead atoms. The van der Waals surface area contributed by atoms with Gasteiger partial charge in [-0.3, -0.25) is 0 Å². The van der Waals surface area contributed by atoms with Gasteiger partial charge in [0.2, 0.25) is 5.95 Å². The maximum atomic E-state index is 12.2. The molecule has 0 aliphatic carbocycles. The zero-order chi connectivity index (χ0) is 14.2. The number of aromatic nitrogens is 3. The monoisotopic (exact) mass is 260 g/mol. The quantitative estimate of drug-likeness (QED) is 0.845. The van der Waals surface area contributed by atoms with Crippen LogP contribution in [0.3, 0.4) is 0 Å². The van der Waals surface area contributed by atoms with E-state index in [1.165, 1.54) is 0 Å². The Morgan fingerprint density at radius 2 is 1.79 bits per heavy atom. The van der Waals surface area contributed by atoms with Gasteiger partial charge in [-0.2, -0.15) is 9.97 Å². The van der Waals surface area contributed by atoms with Gasteiger partial charge in [0, 0.05) is 18.8 Å². The summed E-state index contributed by atoms with van der Waals surface area (Å²) >= 11 is 0. The zero-order valence-corrected chi connectivity index (χ0v) is 12.2. The van der Waals surface area contributed by atoms with E-state index >= 15 is 0 Å².